The summed E-state index contributed by atoms with van der Waals surface area (Å²) in [6.07, 6.45) is 1.96. The van der Waals surface area contributed by atoms with Gasteiger partial charge in [0, 0.05) is 13.1 Å². The van der Waals surface area contributed by atoms with Crippen molar-refractivity contribution in [1.29, 1.82) is 0 Å². The maximum absolute atomic E-state index is 11.8. The van der Waals surface area contributed by atoms with Crippen molar-refractivity contribution in [3.8, 4) is 0 Å². The predicted octanol–water partition coefficient (Wildman–Crippen LogP) is 1.47. The van der Waals surface area contributed by atoms with E-state index in [1.807, 2.05) is 13.0 Å². The minimum absolute atomic E-state index is 0.0387. The molecule has 98 valence electrons. The lowest BCUT2D eigenvalue weighted by atomic mass is 10.2. The lowest BCUT2D eigenvalue weighted by Gasteiger charge is -2.23. The first-order valence-electron chi connectivity index (χ1n) is 5.89. The zero-order valence-electron chi connectivity index (χ0n) is 10.2. The van der Waals surface area contributed by atoms with Gasteiger partial charge in [0.05, 0.1) is 31.0 Å². The topological polar surface area (TPSA) is 63.2 Å². The number of nitrogens with one attached hydrogen (secondary N) is 2. The van der Waals surface area contributed by atoms with Gasteiger partial charge in [-0.1, -0.05) is 0 Å². The number of amides is 1. The Morgan fingerprint density at radius 2 is 2.56 bits per heavy atom. The number of halogens is 1. The molecule has 1 aliphatic heterocycles. The Morgan fingerprint density at radius 1 is 1.72 bits per heavy atom. The first-order valence-corrected chi connectivity index (χ1v) is 6.69. The highest BCUT2D eigenvalue weighted by Gasteiger charge is 2.17. The van der Waals surface area contributed by atoms with Gasteiger partial charge in [-0.25, -0.2) is 4.98 Å². The fraction of sp³-hybridized carbons (Fsp3) is 0.500. The van der Waals surface area contributed by atoms with E-state index in [-0.39, 0.29) is 12.0 Å². The number of ether oxygens (including phenoxy) is 1. The van der Waals surface area contributed by atoms with Crippen LogP contribution >= 0.6 is 15.9 Å². The number of hydrogen-bond donors (Lipinski definition) is 2. The van der Waals surface area contributed by atoms with Crippen molar-refractivity contribution in [2.75, 3.05) is 25.0 Å². The van der Waals surface area contributed by atoms with E-state index in [2.05, 4.69) is 31.5 Å². The summed E-state index contributed by atoms with van der Waals surface area (Å²) in [7, 11) is 0. The molecule has 1 aromatic rings. The Morgan fingerprint density at radius 3 is 3.22 bits per heavy atom. The van der Waals surface area contributed by atoms with Crippen molar-refractivity contribution in [2.24, 2.45) is 0 Å². The molecule has 0 radical (unpaired) electrons. The Kier molecular flexibility index (Phi) is 4.68. The summed E-state index contributed by atoms with van der Waals surface area (Å²) in [5.74, 6) is -0.0489. The molecule has 1 unspecified atom stereocenters. The van der Waals surface area contributed by atoms with E-state index in [9.17, 15) is 4.79 Å². The van der Waals surface area contributed by atoms with Gasteiger partial charge in [0.2, 0.25) is 5.91 Å². The molecule has 0 spiro atoms. The van der Waals surface area contributed by atoms with Crippen molar-refractivity contribution in [3.05, 3.63) is 22.4 Å². The number of hydrogen-bond acceptors (Lipinski definition) is 4. The number of rotatable bonds is 3. The number of carbonyl (C=O) groups excluding carboxylic acids is 1. The van der Waals surface area contributed by atoms with E-state index in [1.54, 1.807) is 6.20 Å². The maximum Gasteiger partial charge on any atom is 0.227 e. The van der Waals surface area contributed by atoms with E-state index in [0.717, 1.165) is 23.3 Å². The van der Waals surface area contributed by atoms with Gasteiger partial charge in [-0.2, -0.15) is 0 Å². The second-order valence-corrected chi connectivity index (χ2v) is 5.03. The third-order valence-electron chi connectivity index (χ3n) is 2.72. The van der Waals surface area contributed by atoms with Gasteiger partial charge < -0.3 is 15.4 Å². The van der Waals surface area contributed by atoms with Crippen molar-refractivity contribution < 1.29 is 9.53 Å². The summed E-state index contributed by atoms with van der Waals surface area (Å²) < 4.78 is 6.27. The van der Waals surface area contributed by atoms with Crippen molar-refractivity contribution in [1.82, 2.24) is 10.3 Å². The molecule has 0 aliphatic carbocycles. The van der Waals surface area contributed by atoms with Gasteiger partial charge in [0.1, 0.15) is 4.60 Å². The molecule has 1 saturated heterocycles. The molecule has 6 heteroatoms. The second-order valence-electron chi connectivity index (χ2n) is 4.28. The minimum atomic E-state index is -0.0489. The van der Waals surface area contributed by atoms with Crippen molar-refractivity contribution in [2.45, 2.75) is 19.4 Å². The lowest BCUT2D eigenvalue weighted by molar-refractivity contribution is -0.119. The largest absolute Gasteiger partial charge is 0.375 e. The smallest absolute Gasteiger partial charge is 0.227 e. The number of nitrogens with zero attached hydrogens (tertiary/aromatic N) is 1. The Bertz CT molecular complexity index is 433. The van der Waals surface area contributed by atoms with Gasteiger partial charge in [-0.15, -0.1) is 0 Å². The first kappa shape index (κ1) is 13.5. The van der Waals surface area contributed by atoms with Crippen LogP contribution in [0.2, 0.25) is 0 Å². The number of carbonyl (C=O) groups is 1. The van der Waals surface area contributed by atoms with E-state index >= 15 is 0 Å². The van der Waals surface area contributed by atoms with Gasteiger partial charge in [-0.3, -0.25) is 4.79 Å². The van der Waals surface area contributed by atoms with Crippen LogP contribution in [-0.2, 0) is 9.53 Å². The summed E-state index contributed by atoms with van der Waals surface area (Å²) >= 11 is 3.32. The van der Waals surface area contributed by atoms with E-state index in [4.69, 9.17) is 4.74 Å². The van der Waals surface area contributed by atoms with E-state index in [0.29, 0.717) is 18.7 Å². The molecule has 2 heterocycles. The minimum Gasteiger partial charge on any atom is -0.375 e. The zero-order chi connectivity index (χ0) is 13.0. The van der Waals surface area contributed by atoms with Crippen LogP contribution in [0.15, 0.2) is 16.9 Å². The van der Waals surface area contributed by atoms with E-state index < -0.39 is 0 Å². The second kappa shape index (κ2) is 6.26. The molecule has 1 aliphatic rings. The number of aromatic nitrogens is 1. The highest BCUT2D eigenvalue weighted by Crippen LogP contribution is 2.17. The molecule has 0 saturated carbocycles. The summed E-state index contributed by atoms with van der Waals surface area (Å²) in [6, 6.07) is 1.88. The molecule has 0 aromatic carbocycles. The SMILES string of the molecule is Cc1cc(NC(=O)CC2CNCCO2)cnc1Br. The number of pyridine rings is 1. The third-order valence-corrected chi connectivity index (χ3v) is 3.55. The summed E-state index contributed by atoms with van der Waals surface area (Å²) in [5.41, 5.74) is 1.70. The maximum atomic E-state index is 11.8. The monoisotopic (exact) mass is 313 g/mol. The van der Waals surface area contributed by atoms with Crippen LogP contribution in [0.3, 0.4) is 0 Å². The number of aryl methyl sites for hydroxylation is 1. The van der Waals surface area contributed by atoms with Gasteiger partial charge in [0.15, 0.2) is 0 Å². The molecule has 1 fully saturated rings. The fourth-order valence-corrected chi connectivity index (χ4v) is 2.01. The van der Waals surface area contributed by atoms with Gasteiger partial charge >= 0.3 is 0 Å². The standard InChI is InChI=1S/C12H16BrN3O2/c1-8-4-9(6-15-12(8)13)16-11(17)5-10-7-14-2-3-18-10/h4,6,10,14H,2-3,5,7H2,1H3,(H,16,17). The van der Waals surface area contributed by atoms with Gasteiger partial charge in [-0.05, 0) is 34.5 Å². The predicted molar refractivity (Wildman–Crippen MR) is 72.5 cm³/mol. The Balaban J connectivity index is 1.88. The zero-order valence-corrected chi connectivity index (χ0v) is 11.8. The molecular formula is C12H16BrN3O2. The molecule has 1 amide bonds. The molecule has 2 rings (SSSR count). The van der Waals surface area contributed by atoms with Crippen molar-refractivity contribution >= 4 is 27.5 Å². The molecule has 0 bridgehead atoms. The highest BCUT2D eigenvalue weighted by atomic mass is 79.9. The van der Waals surface area contributed by atoms with E-state index in [1.165, 1.54) is 0 Å². The molecule has 1 atom stereocenters. The Labute approximate surface area is 114 Å². The summed E-state index contributed by atoms with van der Waals surface area (Å²) in [5, 5.41) is 6.02. The molecular weight excluding hydrogens is 298 g/mol. The van der Waals surface area contributed by atoms with Crippen LogP contribution < -0.4 is 10.6 Å². The molecule has 5 nitrogen and oxygen atoms in total. The van der Waals surface area contributed by atoms with Gasteiger partial charge in [0.25, 0.3) is 0 Å². The fourth-order valence-electron chi connectivity index (χ4n) is 1.80. The molecule has 18 heavy (non-hydrogen) atoms. The summed E-state index contributed by atoms with van der Waals surface area (Å²) in [4.78, 5) is 16.0. The number of anilines is 1. The molecule has 2 N–H and O–H groups in total. The van der Waals surface area contributed by atoms with Crippen molar-refractivity contribution in [3.63, 3.8) is 0 Å². The molecule has 1 aromatic heterocycles. The quantitative estimate of drug-likeness (QED) is 0.830. The van der Waals surface area contributed by atoms with Crippen LogP contribution in [0, 0.1) is 6.92 Å². The average Bonchev–Trinajstić information content (AvgIpc) is 2.35. The van der Waals surface area contributed by atoms with Crippen LogP contribution in [-0.4, -0.2) is 36.7 Å². The lowest BCUT2D eigenvalue weighted by Crippen LogP contribution is -2.40. The average molecular weight is 314 g/mol. The Hall–Kier alpha value is -0.980. The van der Waals surface area contributed by atoms with Crippen LogP contribution in [0.5, 0.6) is 0 Å². The first-order chi connectivity index (χ1) is 8.65. The van der Waals surface area contributed by atoms with Crippen LogP contribution in [0.1, 0.15) is 12.0 Å². The summed E-state index contributed by atoms with van der Waals surface area (Å²) in [6.45, 7) is 4.18. The van der Waals surface area contributed by atoms with Crippen LogP contribution in [0.4, 0.5) is 5.69 Å². The normalized spacial score (nSPS) is 19.6. The number of morpholine rings is 1. The third kappa shape index (κ3) is 3.76. The highest BCUT2D eigenvalue weighted by molar-refractivity contribution is 9.10. The van der Waals surface area contributed by atoms with Crippen LogP contribution in [0.25, 0.3) is 0 Å².